The first-order valence-corrected chi connectivity index (χ1v) is 7.35. The van der Waals surface area contributed by atoms with E-state index < -0.39 is 0 Å². The highest BCUT2D eigenvalue weighted by Crippen LogP contribution is 2.36. The molecular weight excluding hydrogens is 320 g/mol. The van der Waals surface area contributed by atoms with Crippen molar-refractivity contribution in [2.24, 2.45) is 15.5 Å². The van der Waals surface area contributed by atoms with E-state index >= 15 is 0 Å². The molecule has 0 radical (unpaired) electrons. The van der Waals surface area contributed by atoms with Crippen LogP contribution in [0.25, 0.3) is 0 Å². The first-order chi connectivity index (χ1) is 12.2. The van der Waals surface area contributed by atoms with Gasteiger partial charge in [-0.05, 0) is 88.3 Å². The van der Waals surface area contributed by atoms with Crippen molar-refractivity contribution in [1.82, 2.24) is 0 Å². The molecule has 0 aliphatic rings. The molecule has 7 nitrogen and oxygen atoms in total. The summed E-state index contributed by atoms with van der Waals surface area (Å²) in [4.78, 5) is 33.8. The lowest BCUT2D eigenvalue weighted by Crippen LogP contribution is -2.09. The predicted octanol–water partition coefficient (Wildman–Crippen LogP) is 6.35. The Labute approximate surface area is 142 Å². The summed E-state index contributed by atoms with van der Waals surface area (Å²) in [5, 5.41) is 8.70. The largest absolute Gasteiger partial charge is 0.310 e. The number of hydrogen-bond donors (Lipinski definition) is 0. The Morgan fingerprint density at radius 2 is 0.680 bits per heavy atom. The summed E-state index contributed by atoms with van der Waals surface area (Å²) in [5.41, 5.74) is 3.32. The second-order valence-electron chi connectivity index (χ2n) is 5.16. The lowest BCUT2D eigenvalue weighted by atomic mass is 10.1. The standard InChI is InChI=1S/C18H12N4O3/c23-19-13-1-7-16(8-2-13)22(17-9-3-14(20-24)4-10-17)18-11-5-15(21-25)6-12-18/h1-12H. The quantitative estimate of drug-likeness (QED) is 0.492. The molecule has 0 heterocycles. The van der Waals surface area contributed by atoms with E-state index in [1.807, 2.05) is 4.90 Å². The molecule has 0 spiro atoms. The molecule has 0 aliphatic heterocycles. The fourth-order valence-corrected chi connectivity index (χ4v) is 2.43. The molecule has 3 aromatic rings. The Hall–Kier alpha value is -3.74. The summed E-state index contributed by atoms with van der Waals surface area (Å²) in [6, 6.07) is 20.2. The zero-order chi connectivity index (χ0) is 17.6. The van der Waals surface area contributed by atoms with Gasteiger partial charge in [-0.25, -0.2) is 0 Å². The summed E-state index contributed by atoms with van der Waals surface area (Å²) in [6.45, 7) is 0. The highest BCUT2D eigenvalue weighted by Gasteiger charge is 2.13. The van der Waals surface area contributed by atoms with Gasteiger partial charge in [0.1, 0.15) is 17.1 Å². The van der Waals surface area contributed by atoms with E-state index in [-0.39, 0.29) is 0 Å². The third-order valence-corrected chi connectivity index (χ3v) is 3.64. The van der Waals surface area contributed by atoms with E-state index in [4.69, 9.17) is 0 Å². The van der Waals surface area contributed by atoms with Crippen LogP contribution in [-0.4, -0.2) is 0 Å². The van der Waals surface area contributed by atoms with Gasteiger partial charge in [-0.2, -0.15) is 0 Å². The van der Waals surface area contributed by atoms with Gasteiger partial charge < -0.3 is 4.90 Å². The van der Waals surface area contributed by atoms with Crippen LogP contribution in [0.4, 0.5) is 34.1 Å². The molecule has 0 atom stereocenters. The summed E-state index contributed by atoms with van der Waals surface area (Å²) >= 11 is 0. The highest BCUT2D eigenvalue weighted by molar-refractivity contribution is 5.78. The van der Waals surface area contributed by atoms with Gasteiger partial charge >= 0.3 is 0 Å². The Balaban J connectivity index is 2.09. The number of nitrogens with zero attached hydrogens (tertiary/aromatic N) is 4. The molecule has 0 fully saturated rings. The molecular formula is C18H12N4O3. The molecule has 3 aromatic carbocycles. The van der Waals surface area contributed by atoms with Crippen LogP contribution < -0.4 is 4.90 Å². The Morgan fingerprint density at radius 1 is 0.440 bits per heavy atom. The fourth-order valence-electron chi connectivity index (χ4n) is 2.43. The monoisotopic (exact) mass is 332 g/mol. The minimum absolute atomic E-state index is 0.324. The maximum atomic E-state index is 10.6. The average Bonchev–Trinajstić information content (AvgIpc) is 2.70. The highest BCUT2D eigenvalue weighted by atomic mass is 16.3. The van der Waals surface area contributed by atoms with E-state index in [0.717, 1.165) is 17.1 Å². The van der Waals surface area contributed by atoms with E-state index in [9.17, 15) is 14.7 Å². The zero-order valence-corrected chi connectivity index (χ0v) is 12.9. The van der Waals surface area contributed by atoms with Gasteiger partial charge in [0.2, 0.25) is 0 Å². The predicted molar refractivity (Wildman–Crippen MR) is 97.5 cm³/mol. The third kappa shape index (κ3) is 3.45. The number of benzene rings is 3. The maximum Gasteiger partial charge on any atom is 0.108 e. The first kappa shape index (κ1) is 16.1. The average molecular weight is 332 g/mol. The van der Waals surface area contributed by atoms with Crippen LogP contribution in [0.3, 0.4) is 0 Å². The molecule has 0 unspecified atom stereocenters. The van der Waals surface area contributed by atoms with Crippen LogP contribution in [0.1, 0.15) is 0 Å². The molecule has 0 N–H and O–H groups in total. The van der Waals surface area contributed by atoms with Crippen molar-refractivity contribution in [2.75, 3.05) is 4.90 Å². The van der Waals surface area contributed by atoms with Crippen LogP contribution in [0.15, 0.2) is 88.3 Å². The lowest BCUT2D eigenvalue weighted by Gasteiger charge is -2.25. The van der Waals surface area contributed by atoms with E-state index in [1.165, 1.54) is 0 Å². The van der Waals surface area contributed by atoms with Crippen molar-refractivity contribution in [2.45, 2.75) is 0 Å². The number of anilines is 3. The summed E-state index contributed by atoms with van der Waals surface area (Å²) in [6.07, 6.45) is 0. The Kier molecular flexibility index (Phi) is 4.66. The second kappa shape index (κ2) is 7.22. The molecule has 3 rings (SSSR count). The summed E-state index contributed by atoms with van der Waals surface area (Å²) < 4.78 is 0. The van der Waals surface area contributed by atoms with Crippen molar-refractivity contribution in [3.05, 3.63) is 87.5 Å². The van der Waals surface area contributed by atoms with Crippen molar-refractivity contribution in [3.8, 4) is 0 Å². The molecule has 0 aromatic heterocycles. The van der Waals surface area contributed by atoms with Gasteiger partial charge in [-0.3, -0.25) is 0 Å². The van der Waals surface area contributed by atoms with E-state index in [1.54, 1.807) is 72.8 Å². The third-order valence-electron chi connectivity index (χ3n) is 3.64. The maximum absolute atomic E-state index is 10.6. The van der Waals surface area contributed by atoms with E-state index in [2.05, 4.69) is 15.5 Å². The van der Waals surface area contributed by atoms with Gasteiger partial charge in [0.05, 0.1) is 0 Å². The molecule has 0 bridgehead atoms. The zero-order valence-electron chi connectivity index (χ0n) is 12.9. The topological polar surface area (TPSA) is 91.5 Å². The van der Waals surface area contributed by atoms with Crippen molar-refractivity contribution in [3.63, 3.8) is 0 Å². The first-order valence-electron chi connectivity index (χ1n) is 7.35. The molecule has 0 aliphatic carbocycles. The molecule has 122 valence electrons. The van der Waals surface area contributed by atoms with Gasteiger partial charge in [0.15, 0.2) is 0 Å². The Bertz CT molecular complexity index is 769. The van der Waals surface area contributed by atoms with Gasteiger partial charge in [0, 0.05) is 17.1 Å². The molecule has 25 heavy (non-hydrogen) atoms. The van der Waals surface area contributed by atoms with Crippen LogP contribution in [0.2, 0.25) is 0 Å². The molecule has 0 saturated heterocycles. The van der Waals surface area contributed by atoms with Crippen molar-refractivity contribution < 1.29 is 0 Å². The lowest BCUT2D eigenvalue weighted by molar-refractivity contribution is 1.27. The van der Waals surface area contributed by atoms with Gasteiger partial charge in [-0.1, -0.05) is 0 Å². The van der Waals surface area contributed by atoms with E-state index in [0.29, 0.717) is 17.1 Å². The minimum atomic E-state index is 0.324. The number of nitroso groups, excluding NO2 is 3. The van der Waals surface area contributed by atoms with Crippen LogP contribution in [0.5, 0.6) is 0 Å². The SMILES string of the molecule is O=Nc1ccc(N(c2ccc(N=O)cc2)c2ccc(N=O)cc2)cc1. The number of hydrogen-bond acceptors (Lipinski definition) is 7. The molecule has 0 saturated carbocycles. The second-order valence-corrected chi connectivity index (χ2v) is 5.16. The Morgan fingerprint density at radius 3 is 0.880 bits per heavy atom. The van der Waals surface area contributed by atoms with Crippen molar-refractivity contribution in [1.29, 1.82) is 0 Å². The molecule has 7 heteroatoms. The van der Waals surface area contributed by atoms with Crippen LogP contribution >= 0.6 is 0 Å². The smallest absolute Gasteiger partial charge is 0.108 e. The van der Waals surface area contributed by atoms with Crippen LogP contribution in [-0.2, 0) is 0 Å². The minimum Gasteiger partial charge on any atom is -0.310 e. The summed E-state index contributed by atoms with van der Waals surface area (Å²) in [5.74, 6) is 0. The normalized spacial score (nSPS) is 10.1. The van der Waals surface area contributed by atoms with Crippen molar-refractivity contribution >= 4 is 34.1 Å². The van der Waals surface area contributed by atoms with Gasteiger partial charge in [-0.15, -0.1) is 14.7 Å². The fraction of sp³-hybridized carbons (Fsp3) is 0. The van der Waals surface area contributed by atoms with Gasteiger partial charge in [0.25, 0.3) is 0 Å². The molecule has 0 amide bonds. The van der Waals surface area contributed by atoms with Crippen LogP contribution in [0, 0.1) is 14.7 Å². The summed E-state index contributed by atoms with van der Waals surface area (Å²) in [7, 11) is 0. The number of rotatable bonds is 6.